The van der Waals surface area contributed by atoms with Crippen LogP contribution in [0.3, 0.4) is 0 Å². The number of allylic oxidation sites excluding steroid dienone is 1. The lowest BCUT2D eigenvalue weighted by Crippen LogP contribution is -1.93. The summed E-state index contributed by atoms with van der Waals surface area (Å²) in [6.07, 6.45) is 3.28. The van der Waals surface area contributed by atoms with Crippen molar-refractivity contribution in [2.75, 3.05) is 5.73 Å². The standard InChI is InChI=1S/C15H13NO/c16-14-9-5-4-6-12(14)10-11-15(17)13-7-2-1-3-8-13/h1-11H,16H2/b11-10+. The van der Waals surface area contributed by atoms with E-state index in [2.05, 4.69) is 0 Å². The zero-order valence-corrected chi connectivity index (χ0v) is 9.34. The molecule has 0 aliphatic rings. The number of hydrogen-bond donors (Lipinski definition) is 1. The molecule has 0 aromatic heterocycles. The molecule has 0 spiro atoms. The van der Waals surface area contributed by atoms with Gasteiger partial charge >= 0.3 is 0 Å². The quantitative estimate of drug-likeness (QED) is 0.493. The fourth-order valence-electron chi connectivity index (χ4n) is 1.53. The Kier molecular flexibility index (Phi) is 3.36. The average molecular weight is 223 g/mol. The minimum Gasteiger partial charge on any atom is -0.398 e. The zero-order chi connectivity index (χ0) is 12.1. The average Bonchev–Trinajstić information content (AvgIpc) is 2.38. The summed E-state index contributed by atoms with van der Waals surface area (Å²) in [5.41, 5.74) is 7.99. The van der Waals surface area contributed by atoms with Crippen LogP contribution in [0, 0.1) is 0 Å². The van der Waals surface area contributed by atoms with Gasteiger partial charge in [-0.2, -0.15) is 0 Å². The number of hydrogen-bond acceptors (Lipinski definition) is 2. The van der Waals surface area contributed by atoms with Gasteiger partial charge in [-0.05, 0) is 23.8 Å². The normalized spacial score (nSPS) is 10.6. The summed E-state index contributed by atoms with van der Waals surface area (Å²) in [5.74, 6) is -0.0196. The molecule has 0 aliphatic heterocycles. The highest BCUT2D eigenvalue weighted by Gasteiger charge is 2.00. The molecule has 2 aromatic carbocycles. The molecule has 0 radical (unpaired) electrons. The zero-order valence-electron chi connectivity index (χ0n) is 9.34. The summed E-state index contributed by atoms with van der Waals surface area (Å²) in [6.45, 7) is 0. The molecule has 2 nitrogen and oxygen atoms in total. The van der Waals surface area contributed by atoms with E-state index >= 15 is 0 Å². The second-order valence-electron chi connectivity index (χ2n) is 3.69. The third kappa shape index (κ3) is 2.82. The van der Waals surface area contributed by atoms with Gasteiger partial charge in [-0.3, -0.25) is 4.79 Å². The van der Waals surface area contributed by atoms with Gasteiger partial charge in [-0.25, -0.2) is 0 Å². The largest absolute Gasteiger partial charge is 0.398 e. The van der Waals surface area contributed by atoms with Gasteiger partial charge in [0.05, 0.1) is 0 Å². The molecule has 0 amide bonds. The molecule has 0 unspecified atom stereocenters. The number of carbonyl (C=O) groups is 1. The Morgan fingerprint density at radius 2 is 1.59 bits per heavy atom. The molecule has 0 bridgehead atoms. The van der Waals surface area contributed by atoms with Crippen molar-refractivity contribution in [3.63, 3.8) is 0 Å². The maximum atomic E-state index is 11.8. The number of carbonyl (C=O) groups excluding carboxylic acids is 1. The maximum Gasteiger partial charge on any atom is 0.185 e. The van der Waals surface area contributed by atoms with E-state index in [1.54, 1.807) is 24.3 Å². The van der Waals surface area contributed by atoms with Crippen LogP contribution in [0.5, 0.6) is 0 Å². The van der Waals surface area contributed by atoms with E-state index in [0.717, 1.165) is 5.56 Å². The molecule has 0 saturated carbocycles. The summed E-state index contributed by atoms with van der Waals surface area (Å²) >= 11 is 0. The van der Waals surface area contributed by atoms with Crippen molar-refractivity contribution in [3.8, 4) is 0 Å². The van der Waals surface area contributed by atoms with Crippen LogP contribution in [0.1, 0.15) is 15.9 Å². The number of nitrogen functional groups attached to an aromatic ring is 1. The highest BCUT2D eigenvalue weighted by molar-refractivity contribution is 6.07. The van der Waals surface area contributed by atoms with Gasteiger partial charge in [-0.1, -0.05) is 48.5 Å². The summed E-state index contributed by atoms with van der Waals surface area (Å²) in [5, 5.41) is 0. The Morgan fingerprint density at radius 3 is 2.29 bits per heavy atom. The predicted octanol–water partition coefficient (Wildman–Crippen LogP) is 3.16. The molecule has 0 heterocycles. The third-order valence-electron chi connectivity index (χ3n) is 2.47. The Bertz CT molecular complexity index is 544. The molecule has 2 aromatic rings. The topological polar surface area (TPSA) is 43.1 Å². The monoisotopic (exact) mass is 223 g/mol. The van der Waals surface area contributed by atoms with E-state index in [9.17, 15) is 4.79 Å². The lowest BCUT2D eigenvalue weighted by Gasteiger charge is -1.98. The summed E-state index contributed by atoms with van der Waals surface area (Å²) in [7, 11) is 0. The number of ketones is 1. The van der Waals surface area contributed by atoms with Gasteiger partial charge in [0.25, 0.3) is 0 Å². The van der Waals surface area contributed by atoms with Gasteiger partial charge < -0.3 is 5.73 Å². The van der Waals surface area contributed by atoms with E-state index in [-0.39, 0.29) is 5.78 Å². The van der Waals surface area contributed by atoms with Crippen molar-refractivity contribution in [2.24, 2.45) is 0 Å². The lowest BCUT2D eigenvalue weighted by atomic mass is 10.1. The van der Waals surface area contributed by atoms with Crippen LogP contribution >= 0.6 is 0 Å². The van der Waals surface area contributed by atoms with Crippen LogP contribution in [0.25, 0.3) is 6.08 Å². The first-order chi connectivity index (χ1) is 8.27. The van der Waals surface area contributed by atoms with E-state index in [1.165, 1.54) is 0 Å². The highest BCUT2D eigenvalue weighted by Crippen LogP contribution is 2.12. The Hall–Kier alpha value is -2.35. The van der Waals surface area contributed by atoms with Gasteiger partial charge in [0, 0.05) is 11.3 Å². The van der Waals surface area contributed by atoms with Crippen LogP contribution in [0.15, 0.2) is 60.7 Å². The van der Waals surface area contributed by atoms with E-state index in [0.29, 0.717) is 11.3 Å². The smallest absolute Gasteiger partial charge is 0.185 e. The molecule has 0 aliphatic carbocycles. The highest BCUT2D eigenvalue weighted by atomic mass is 16.1. The summed E-state index contributed by atoms with van der Waals surface area (Å²) in [6, 6.07) is 16.6. The van der Waals surface area contributed by atoms with Crippen molar-refractivity contribution in [3.05, 3.63) is 71.8 Å². The number of benzene rings is 2. The molecule has 84 valence electrons. The summed E-state index contributed by atoms with van der Waals surface area (Å²) in [4.78, 5) is 11.8. The second-order valence-corrected chi connectivity index (χ2v) is 3.69. The van der Waals surface area contributed by atoms with Crippen LogP contribution in [-0.4, -0.2) is 5.78 Å². The Morgan fingerprint density at radius 1 is 0.941 bits per heavy atom. The van der Waals surface area contributed by atoms with Crippen molar-refractivity contribution < 1.29 is 4.79 Å². The van der Waals surface area contributed by atoms with Crippen molar-refractivity contribution >= 4 is 17.5 Å². The number of para-hydroxylation sites is 1. The first-order valence-corrected chi connectivity index (χ1v) is 5.39. The maximum absolute atomic E-state index is 11.8. The molecule has 17 heavy (non-hydrogen) atoms. The van der Waals surface area contributed by atoms with Crippen molar-refractivity contribution in [1.29, 1.82) is 0 Å². The number of anilines is 1. The first kappa shape index (κ1) is 11.1. The molecule has 2 rings (SSSR count). The van der Waals surface area contributed by atoms with Crippen LogP contribution < -0.4 is 5.73 Å². The van der Waals surface area contributed by atoms with Crippen LogP contribution in [0.4, 0.5) is 5.69 Å². The number of rotatable bonds is 3. The molecule has 0 fully saturated rings. The SMILES string of the molecule is Nc1ccccc1/C=C/C(=O)c1ccccc1. The fraction of sp³-hybridized carbons (Fsp3) is 0. The van der Waals surface area contributed by atoms with Gasteiger partial charge in [0.15, 0.2) is 5.78 Å². The van der Waals surface area contributed by atoms with E-state index < -0.39 is 0 Å². The summed E-state index contributed by atoms with van der Waals surface area (Å²) < 4.78 is 0. The van der Waals surface area contributed by atoms with E-state index in [4.69, 9.17) is 5.73 Å². The van der Waals surface area contributed by atoms with Crippen LogP contribution in [0.2, 0.25) is 0 Å². The minimum absolute atomic E-state index is 0.0196. The van der Waals surface area contributed by atoms with Crippen LogP contribution in [-0.2, 0) is 0 Å². The van der Waals surface area contributed by atoms with Crippen molar-refractivity contribution in [1.82, 2.24) is 0 Å². The molecule has 2 N–H and O–H groups in total. The minimum atomic E-state index is -0.0196. The fourth-order valence-corrected chi connectivity index (χ4v) is 1.53. The first-order valence-electron chi connectivity index (χ1n) is 5.39. The van der Waals surface area contributed by atoms with Gasteiger partial charge in [0.1, 0.15) is 0 Å². The number of nitrogens with two attached hydrogens (primary N) is 1. The Balaban J connectivity index is 2.17. The molecule has 0 saturated heterocycles. The third-order valence-corrected chi connectivity index (χ3v) is 2.47. The molecule has 2 heteroatoms. The van der Waals surface area contributed by atoms with E-state index in [1.807, 2.05) is 42.5 Å². The molecule has 0 atom stereocenters. The van der Waals surface area contributed by atoms with Crippen molar-refractivity contribution in [2.45, 2.75) is 0 Å². The van der Waals surface area contributed by atoms with Gasteiger partial charge in [-0.15, -0.1) is 0 Å². The molecular weight excluding hydrogens is 210 g/mol. The molecular formula is C15H13NO. The second kappa shape index (κ2) is 5.12. The Labute approximate surface area is 100 Å². The predicted molar refractivity (Wildman–Crippen MR) is 70.7 cm³/mol. The lowest BCUT2D eigenvalue weighted by molar-refractivity contribution is 0.104. The van der Waals surface area contributed by atoms with Gasteiger partial charge in [0.2, 0.25) is 0 Å².